The molecule has 0 radical (unpaired) electrons. The van der Waals surface area contributed by atoms with E-state index in [4.69, 9.17) is 11.5 Å². The van der Waals surface area contributed by atoms with Crippen molar-refractivity contribution in [2.24, 2.45) is 20.5 Å². The molecule has 0 saturated carbocycles. The number of nitrogens with zero attached hydrogens (tertiary/aromatic N) is 6. The topological polar surface area (TPSA) is 391 Å². The monoisotopic (exact) mass is 678 g/mol. The highest BCUT2D eigenvalue weighted by atomic mass is 32.2. The number of phenolic OH excluding ortho intramolecular Hbond substituents is 2. The van der Waals surface area contributed by atoms with Gasteiger partial charge in [-0.2, -0.15) is 25.3 Å². The van der Waals surface area contributed by atoms with Crippen molar-refractivity contribution >= 4 is 75.9 Å². The van der Waals surface area contributed by atoms with Crippen LogP contribution in [0.1, 0.15) is 0 Å². The highest BCUT2D eigenvalue weighted by Crippen LogP contribution is 2.46. The Morgan fingerprint density at radius 2 is 0.977 bits per heavy atom. The summed E-state index contributed by atoms with van der Waals surface area (Å²) in [5.41, 5.74) is 3.65. The number of azo groups is 2. The van der Waals surface area contributed by atoms with Gasteiger partial charge < -0.3 is 21.7 Å². The molecule has 3 rings (SSSR count). The van der Waals surface area contributed by atoms with Gasteiger partial charge in [-0.15, -0.1) is 20.5 Å². The minimum Gasteiger partial charge on any atom is -0.501 e. The van der Waals surface area contributed by atoms with Crippen LogP contribution in [0.5, 0.6) is 11.5 Å². The van der Waals surface area contributed by atoms with Gasteiger partial charge in [-0.3, -0.25) is 33.9 Å². The molecule has 23 nitrogen and oxygen atoms in total. The van der Waals surface area contributed by atoms with Crippen LogP contribution >= 0.6 is 0 Å². The molecule has 9 N–H and O–H groups in total. The second kappa shape index (κ2) is 11.3. The van der Waals surface area contributed by atoms with Crippen LogP contribution in [0.3, 0.4) is 0 Å². The summed E-state index contributed by atoms with van der Waals surface area (Å²) in [4.78, 5) is 16.5. The Hall–Kier alpha value is -5.41. The first-order valence-corrected chi connectivity index (χ1v) is 14.9. The van der Waals surface area contributed by atoms with Crippen molar-refractivity contribution in [1.82, 2.24) is 0 Å². The van der Waals surface area contributed by atoms with Gasteiger partial charge in [0.25, 0.3) is 30.4 Å². The number of phenols is 2. The lowest BCUT2D eigenvalue weighted by atomic mass is 10.2. The van der Waals surface area contributed by atoms with E-state index in [1.165, 1.54) is 0 Å². The first-order chi connectivity index (χ1) is 20.0. The molecule has 0 aliphatic rings. The van der Waals surface area contributed by atoms with E-state index in [9.17, 15) is 69.4 Å². The summed E-state index contributed by atoms with van der Waals surface area (Å²) in [6.45, 7) is 0. The standard InChI is InChI=1S/C18H14N8O15S3/c19-14-8(21-22-9-1-6(42(33,34)35)3-11(17(9)27)25(29)30)5-13(44(39,40)41)15(20)16(14)24-23-10-2-7(43(36,37)38)4-12(18(10)28)26(31)32/h1-5,27-28H,19-20H2,(H,33,34,35)(H,36,37,38)(H,39,40,41). The lowest BCUT2D eigenvalue weighted by molar-refractivity contribution is -0.386. The van der Waals surface area contributed by atoms with Gasteiger partial charge in [-0.05, 0) is 18.2 Å². The Labute approximate surface area is 243 Å². The molecule has 0 unspecified atom stereocenters. The largest absolute Gasteiger partial charge is 0.501 e. The number of nitro benzene ring substituents is 2. The van der Waals surface area contributed by atoms with Gasteiger partial charge in [0.2, 0.25) is 11.5 Å². The second-order valence-electron chi connectivity index (χ2n) is 8.03. The van der Waals surface area contributed by atoms with Crippen LogP contribution in [0, 0.1) is 20.2 Å². The molecule has 0 spiro atoms. The Bertz CT molecular complexity index is 2150. The quantitative estimate of drug-likeness (QED) is 0.0562. The normalized spacial score (nSPS) is 12.6. The maximum Gasteiger partial charge on any atom is 0.314 e. The molecule has 26 heteroatoms. The molecular formula is C18H14N8O15S3. The van der Waals surface area contributed by atoms with Crippen LogP contribution in [-0.4, -0.2) is 59.0 Å². The SMILES string of the molecule is Nc1c(N=Nc2cc(S(=O)(=O)O)cc([N+](=O)[O-])c2O)cc(S(=O)(=O)O)c(N)c1N=Nc1cc(S(=O)(=O)O)cc([N+](=O)[O-])c1O. The number of nitrogens with two attached hydrogens (primary N) is 2. The molecule has 0 heterocycles. The zero-order chi connectivity index (χ0) is 33.5. The fourth-order valence-electron chi connectivity index (χ4n) is 3.17. The van der Waals surface area contributed by atoms with Crippen LogP contribution in [-0.2, 0) is 30.4 Å². The minimum absolute atomic E-state index is 0.278. The maximum absolute atomic E-state index is 11.9. The smallest absolute Gasteiger partial charge is 0.314 e. The van der Waals surface area contributed by atoms with Gasteiger partial charge in [0.05, 0.1) is 21.2 Å². The van der Waals surface area contributed by atoms with Crippen LogP contribution in [0.15, 0.2) is 65.5 Å². The second-order valence-corrected chi connectivity index (χ2v) is 12.3. The third kappa shape index (κ3) is 6.79. The highest BCUT2D eigenvalue weighted by Gasteiger charge is 2.27. The lowest BCUT2D eigenvalue weighted by Gasteiger charge is -2.11. The molecule has 0 amide bonds. The number of anilines is 2. The van der Waals surface area contributed by atoms with Crippen molar-refractivity contribution in [2.45, 2.75) is 14.7 Å². The van der Waals surface area contributed by atoms with E-state index in [1.807, 2.05) is 0 Å². The molecule has 0 aliphatic heterocycles. The number of aromatic hydroxyl groups is 2. The van der Waals surface area contributed by atoms with Gasteiger partial charge in [-0.25, -0.2) is 0 Å². The first-order valence-electron chi connectivity index (χ1n) is 10.5. The number of rotatable bonds is 9. The van der Waals surface area contributed by atoms with Crippen molar-refractivity contribution in [3.8, 4) is 11.5 Å². The van der Waals surface area contributed by atoms with E-state index in [0.717, 1.165) is 0 Å². The third-order valence-corrected chi connectivity index (χ3v) is 7.75. The van der Waals surface area contributed by atoms with Crippen LogP contribution in [0.25, 0.3) is 0 Å². The molecule has 0 saturated heterocycles. The molecule has 3 aromatic rings. The maximum atomic E-state index is 11.9. The van der Waals surface area contributed by atoms with Crippen LogP contribution in [0.2, 0.25) is 0 Å². The zero-order valence-corrected chi connectivity index (χ0v) is 23.2. The molecule has 3 aromatic carbocycles. The Kier molecular flexibility index (Phi) is 8.54. The van der Waals surface area contributed by atoms with Crippen LogP contribution in [0.4, 0.5) is 45.5 Å². The summed E-state index contributed by atoms with van der Waals surface area (Å²) < 4.78 is 98.1. The summed E-state index contributed by atoms with van der Waals surface area (Å²) in [5.74, 6) is -2.56. The minimum atomic E-state index is -5.25. The highest BCUT2D eigenvalue weighted by molar-refractivity contribution is 7.86. The summed E-state index contributed by atoms with van der Waals surface area (Å²) in [7, 11) is -15.5. The fraction of sp³-hybridized carbons (Fsp3) is 0. The van der Waals surface area contributed by atoms with E-state index < -0.39 is 112 Å². The fourth-order valence-corrected chi connectivity index (χ4v) is 4.84. The van der Waals surface area contributed by atoms with Crippen LogP contribution < -0.4 is 11.5 Å². The van der Waals surface area contributed by atoms with Crippen molar-refractivity contribution in [3.05, 3.63) is 50.6 Å². The summed E-state index contributed by atoms with van der Waals surface area (Å²) in [6.07, 6.45) is 0. The number of hydrogen-bond donors (Lipinski definition) is 7. The van der Waals surface area contributed by atoms with Gasteiger partial charge in [0.15, 0.2) is 0 Å². The van der Waals surface area contributed by atoms with Crippen molar-refractivity contribution in [2.75, 3.05) is 11.5 Å². The van der Waals surface area contributed by atoms with Gasteiger partial charge >= 0.3 is 11.4 Å². The average molecular weight is 679 g/mol. The average Bonchev–Trinajstić information content (AvgIpc) is 2.87. The van der Waals surface area contributed by atoms with Gasteiger partial charge in [0.1, 0.15) is 37.4 Å². The predicted molar refractivity (Wildman–Crippen MR) is 143 cm³/mol. The zero-order valence-electron chi connectivity index (χ0n) is 20.8. The summed E-state index contributed by atoms with van der Waals surface area (Å²) in [5, 5.41) is 56.3. The van der Waals surface area contributed by atoms with E-state index in [1.54, 1.807) is 0 Å². The van der Waals surface area contributed by atoms with E-state index in [0.29, 0.717) is 18.2 Å². The van der Waals surface area contributed by atoms with Crippen molar-refractivity contribution < 1.29 is 59.0 Å². The molecule has 0 bridgehead atoms. The molecule has 0 atom stereocenters. The molecule has 0 aliphatic carbocycles. The molecular weight excluding hydrogens is 664 g/mol. The van der Waals surface area contributed by atoms with Gasteiger partial charge in [-0.1, -0.05) is 0 Å². The summed E-state index contributed by atoms with van der Waals surface area (Å²) in [6, 6.07) is 1.88. The predicted octanol–water partition coefficient (Wildman–Crippen LogP) is 2.65. The van der Waals surface area contributed by atoms with E-state index in [2.05, 4.69) is 20.5 Å². The first kappa shape index (κ1) is 33.1. The number of benzene rings is 3. The Morgan fingerprint density at radius 3 is 1.34 bits per heavy atom. The van der Waals surface area contributed by atoms with E-state index >= 15 is 0 Å². The molecule has 0 aromatic heterocycles. The van der Waals surface area contributed by atoms with Crippen molar-refractivity contribution in [1.29, 1.82) is 0 Å². The molecule has 234 valence electrons. The lowest BCUT2D eigenvalue weighted by Crippen LogP contribution is -2.05. The third-order valence-electron chi connectivity index (χ3n) is 5.20. The summed E-state index contributed by atoms with van der Waals surface area (Å²) >= 11 is 0. The number of nitro groups is 2. The Balaban J connectivity index is 2.31. The van der Waals surface area contributed by atoms with Crippen molar-refractivity contribution in [3.63, 3.8) is 0 Å². The molecule has 0 fully saturated rings. The number of nitrogen functional groups attached to an aromatic ring is 2. The van der Waals surface area contributed by atoms with Gasteiger partial charge in [0, 0.05) is 12.1 Å². The molecule has 44 heavy (non-hydrogen) atoms. The number of hydrogen-bond acceptors (Lipinski definition) is 18. The Morgan fingerprint density at radius 1 is 0.591 bits per heavy atom. The van der Waals surface area contributed by atoms with E-state index in [-0.39, 0.29) is 12.1 Å².